The number of nitrogens with zero attached hydrogens (tertiary/aromatic N) is 3. The van der Waals surface area contributed by atoms with Crippen LogP contribution in [0.15, 0.2) is 11.1 Å². The normalized spacial score (nSPS) is 26.2. The molecule has 0 bridgehead atoms. The van der Waals surface area contributed by atoms with E-state index in [1.807, 2.05) is 0 Å². The molecule has 10 heteroatoms. The van der Waals surface area contributed by atoms with E-state index >= 15 is 0 Å². The molecule has 3 heterocycles. The second kappa shape index (κ2) is 7.92. The largest absolute Gasteiger partial charge is 0.408 e. The molecule has 1 unspecified atom stereocenters. The monoisotopic (exact) mass is 424 g/mol. The number of imidazole rings is 1. The lowest BCUT2D eigenvalue weighted by Gasteiger charge is -2.41. The maximum absolute atomic E-state index is 12.3. The van der Waals surface area contributed by atoms with Gasteiger partial charge in [-0.1, -0.05) is 27.7 Å². The van der Waals surface area contributed by atoms with Gasteiger partial charge >= 0.3 is 0 Å². The SMILES string of the molecule is [3H]CCNC1[C@@H](CN)O[C@@H](n2cnc3c(=O)[nH]c(C)nc32)[C@H]1O[Si](C)(C)C(C)(C)C. The van der Waals surface area contributed by atoms with Crippen LogP contribution in [-0.4, -0.2) is 59.2 Å². The Bertz CT molecular complexity index is 940. The number of H-pyrrole nitrogens is 1. The molecule has 162 valence electrons. The molecule has 0 radical (unpaired) electrons. The Kier molecular flexibility index (Phi) is 5.64. The van der Waals surface area contributed by atoms with Gasteiger partial charge in [-0.25, -0.2) is 9.97 Å². The first kappa shape index (κ1) is 20.7. The summed E-state index contributed by atoms with van der Waals surface area (Å²) in [6.45, 7) is 13.8. The summed E-state index contributed by atoms with van der Waals surface area (Å²) in [4.78, 5) is 23.8. The van der Waals surface area contributed by atoms with Crippen LogP contribution in [0.1, 0.15) is 41.1 Å². The quantitative estimate of drug-likeness (QED) is 0.603. The van der Waals surface area contributed by atoms with Crippen molar-refractivity contribution in [2.75, 3.05) is 13.1 Å². The predicted molar refractivity (Wildman–Crippen MR) is 115 cm³/mol. The number of likely N-dealkylation sites (N-methyl/N-ethyl adjacent to an activating group) is 1. The Hall–Kier alpha value is -1.59. The Balaban J connectivity index is 2.08. The molecule has 9 nitrogen and oxygen atoms in total. The summed E-state index contributed by atoms with van der Waals surface area (Å²) < 4.78 is 22.5. The van der Waals surface area contributed by atoms with Crippen LogP contribution in [0, 0.1) is 6.92 Å². The molecule has 1 aliphatic heterocycles. The molecule has 0 spiro atoms. The van der Waals surface area contributed by atoms with E-state index in [-0.39, 0.29) is 41.3 Å². The number of fused-ring (bicyclic) bond motifs is 1. The second-order valence-corrected chi connectivity index (χ2v) is 13.9. The molecule has 0 saturated carbocycles. The minimum atomic E-state index is -2.17. The summed E-state index contributed by atoms with van der Waals surface area (Å²) in [7, 11) is -2.17. The molecule has 29 heavy (non-hydrogen) atoms. The van der Waals surface area contributed by atoms with E-state index in [1.165, 1.54) is 0 Å². The van der Waals surface area contributed by atoms with Gasteiger partial charge in [0.25, 0.3) is 5.56 Å². The van der Waals surface area contributed by atoms with Crippen molar-refractivity contribution in [3.05, 3.63) is 22.5 Å². The number of rotatable bonds is 6. The fraction of sp³-hybridized carbons (Fsp3) is 0.737. The lowest BCUT2D eigenvalue weighted by molar-refractivity contribution is -0.0285. The highest BCUT2D eigenvalue weighted by atomic mass is 28.4. The van der Waals surface area contributed by atoms with Gasteiger partial charge in [0.15, 0.2) is 25.7 Å². The number of nitrogens with two attached hydrogens (primary N) is 1. The number of aromatic nitrogens is 4. The van der Waals surface area contributed by atoms with Gasteiger partial charge in [-0.15, -0.1) is 0 Å². The molecular weight excluding hydrogens is 388 g/mol. The predicted octanol–water partition coefficient (Wildman–Crippen LogP) is 1.65. The first-order chi connectivity index (χ1) is 14.0. The molecule has 0 aromatic carbocycles. The summed E-state index contributed by atoms with van der Waals surface area (Å²) in [5.41, 5.74) is 6.48. The zero-order valence-corrected chi connectivity index (χ0v) is 19.2. The van der Waals surface area contributed by atoms with Crippen molar-refractivity contribution in [1.29, 1.82) is 0 Å². The molecule has 1 saturated heterocycles. The first-order valence-electron chi connectivity index (χ1n) is 10.7. The molecule has 4 N–H and O–H groups in total. The highest BCUT2D eigenvalue weighted by Gasteiger charge is 2.50. The van der Waals surface area contributed by atoms with Crippen molar-refractivity contribution in [3.8, 4) is 0 Å². The van der Waals surface area contributed by atoms with Crippen molar-refractivity contribution in [2.45, 2.75) is 77.2 Å². The number of nitrogens with one attached hydrogen (secondary N) is 2. The average molecular weight is 425 g/mol. The smallest absolute Gasteiger partial charge is 0.279 e. The molecule has 1 fully saturated rings. The van der Waals surface area contributed by atoms with Gasteiger partial charge in [0.05, 0.1) is 18.5 Å². The van der Waals surface area contributed by atoms with E-state index in [2.05, 4.69) is 54.1 Å². The minimum Gasteiger partial charge on any atom is -0.408 e. The van der Waals surface area contributed by atoms with Crippen LogP contribution in [0.3, 0.4) is 0 Å². The van der Waals surface area contributed by atoms with Gasteiger partial charge in [-0.3, -0.25) is 9.36 Å². The third kappa shape index (κ3) is 4.04. The first-order valence-corrected chi connectivity index (χ1v) is 12.9. The molecule has 3 rings (SSSR count). The van der Waals surface area contributed by atoms with Crippen molar-refractivity contribution >= 4 is 19.5 Å². The second-order valence-electron chi connectivity index (χ2n) is 9.10. The summed E-state index contributed by atoms with van der Waals surface area (Å²) >= 11 is 0. The third-order valence-corrected chi connectivity index (χ3v) is 10.5. The standard InChI is InChI=1S/C19H34N6O3Si/c1-8-21-13-12(9-20)27-18(15(13)28-29(6,7)19(3,4)5)25-10-22-14-16(25)23-11(2)24-17(14)26/h10,12-13,15,18,21H,8-9,20H2,1-7H3,(H,23,24,26)/t12-,13?,15+,18-/m1/s1/i1T. The minimum absolute atomic E-state index is 0.00131. The number of aromatic amines is 1. The zero-order chi connectivity index (χ0) is 22.3. The van der Waals surface area contributed by atoms with Crippen LogP contribution < -0.4 is 16.6 Å². The summed E-state index contributed by atoms with van der Waals surface area (Å²) in [5, 5.41) is 3.40. The number of aryl methyl sites for hydroxylation is 1. The zero-order valence-electron chi connectivity index (χ0n) is 19.2. The van der Waals surface area contributed by atoms with Gasteiger partial charge in [-0.2, -0.15) is 0 Å². The van der Waals surface area contributed by atoms with Crippen molar-refractivity contribution < 1.29 is 10.5 Å². The van der Waals surface area contributed by atoms with Crippen LogP contribution in [0.2, 0.25) is 18.1 Å². The fourth-order valence-electron chi connectivity index (χ4n) is 3.44. The Morgan fingerprint density at radius 3 is 2.83 bits per heavy atom. The lowest BCUT2D eigenvalue weighted by atomic mass is 10.1. The maximum atomic E-state index is 12.3. The number of hydrogen-bond donors (Lipinski definition) is 3. The van der Waals surface area contributed by atoms with E-state index in [0.717, 1.165) is 0 Å². The fourth-order valence-corrected chi connectivity index (χ4v) is 4.74. The molecule has 0 aliphatic carbocycles. The molecule has 0 amide bonds. The van der Waals surface area contributed by atoms with Crippen molar-refractivity contribution in [3.63, 3.8) is 0 Å². The number of hydrogen-bond acceptors (Lipinski definition) is 7. The third-order valence-electron chi connectivity index (χ3n) is 6.02. The van der Waals surface area contributed by atoms with Crippen LogP contribution in [-0.2, 0) is 9.16 Å². The topological polar surface area (TPSA) is 120 Å². The summed E-state index contributed by atoms with van der Waals surface area (Å²) in [6, 6.07) is -0.181. The van der Waals surface area contributed by atoms with Gasteiger partial charge in [0.1, 0.15) is 11.9 Å². The van der Waals surface area contributed by atoms with Crippen LogP contribution in [0.5, 0.6) is 0 Å². The Labute approximate surface area is 173 Å². The van der Waals surface area contributed by atoms with Crippen molar-refractivity contribution in [1.82, 2.24) is 24.8 Å². The van der Waals surface area contributed by atoms with Crippen molar-refractivity contribution in [2.24, 2.45) is 5.73 Å². The molecule has 1 aliphatic rings. The van der Waals surface area contributed by atoms with E-state index in [1.54, 1.807) is 17.8 Å². The van der Waals surface area contributed by atoms with Gasteiger partial charge in [0.2, 0.25) is 0 Å². The van der Waals surface area contributed by atoms with Crippen LogP contribution >= 0.6 is 0 Å². The van der Waals surface area contributed by atoms with Crippen LogP contribution in [0.25, 0.3) is 11.2 Å². The summed E-state index contributed by atoms with van der Waals surface area (Å²) in [5.74, 6) is 0.508. The lowest BCUT2D eigenvalue weighted by Crippen LogP contribution is -2.53. The molecule has 2 aromatic rings. The van der Waals surface area contributed by atoms with Crippen LogP contribution in [0.4, 0.5) is 0 Å². The van der Waals surface area contributed by atoms with Gasteiger partial charge < -0.3 is 25.2 Å². The highest BCUT2D eigenvalue weighted by Crippen LogP contribution is 2.42. The number of ether oxygens (including phenoxy) is 1. The highest BCUT2D eigenvalue weighted by molar-refractivity contribution is 6.74. The maximum Gasteiger partial charge on any atom is 0.279 e. The summed E-state index contributed by atoms with van der Waals surface area (Å²) in [6.07, 6.45) is 0.399. The van der Waals surface area contributed by atoms with Gasteiger partial charge in [-0.05, 0) is 31.6 Å². The van der Waals surface area contributed by atoms with E-state index in [4.69, 9.17) is 16.3 Å². The molecule has 2 aromatic heterocycles. The van der Waals surface area contributed by atoms with E-state index in [9.17, 15) is 4.79 Å². The van der Waals surface area contributed by atoms with E-state index in [0.29, 0.717) is 24.6 Å². The van der Waals surface area contributed by atoms with E-state index < -0.39 is 14.5 Å². The molecular formula is C19H34N6O3Si. The average Bonchev–Trinajstić information content (AvgIpc) is 3.20. The van der Waals surface area contributed by atoms with Gasteiger partial charge in [0, 0.05) is 7.92 Å². The Morgan fingerprint density at radius 2 is 2.21 bits per heavy atom. The molecule has 4 atom stereocenters. The Morgan fingerprint density at radius 1 is 1.48 bits per heavy atom.